The Morgan fingerprint density at radius 2 is 1.97 bits per heavy atom. The second-order valence-electron chi connectivity index (χ2n) is 9.15. The smallest absolute Gasteiger partial charge is 0.326 e. The van der Waals surface area contributed by atoms with E-state index in [0.29, 0.717) is 18.1 Å². The van der Waals surface area contributed by atoms with E-state index in [4.69, 9.17) is 9.72 Å². The standard InChI is InChI=1S/C25H29F2N3O5/c26-19-12-17(31)13-20(27)22(19)24(32)30-21(25(33)34)7-9-35-18-10-14(11-18)3-5-16-6-4-15-2-1-8-28-23(15)29-16/h4,6,12-14,18,21,31H,1-3,5,7-11H2,(H,28,29)(H,30,32)(H,33,34)/t14?,18?,21-/m0/s1. The van der Waals surface area contributed by atoms with Crippen molar-refractivity contribution in [2.45, 2.75) is 57.1 Å². The molecule has 0 bridgehead atoms. The van der Waals surface area contributed by atoms with Crippen LogP contribution in [-0.2, 0) is 22.4 Å². The molecule has 0 saturated heterocycles. The molecule has 0 spiro atoms. The molecule has 2 aromatic rings. The van der Waals surface area contributed by atoms with Crippen LogP contribution in [0.25, 0.3) is 0 Å². The van der Waals surface area contributed by atoms with Crippen LogP contribution < -0.4 is 10.6 Å². The number of phenols is 1. The minimum Gasteiger partial charge on any atom is -0.508 e. The van der Waals surface area contributed by atoms with E-state index in [2.05, 4.69) is 22.8 Å². The van der Waals surface area contributed by atoms with Crippen LogP contribution in [0, 0.1) is 17.6 Å². The van der Waals surface area contributed by atoms with Crippen molar-refractivity contribution in [3.63, 3.8) is 0 Å². The van der Waals surface area contributed by atoms with Crippen molar-refractivity contribution in [2.24, 2.45) is 5.92 Å². The summed E-state index contributed by atoms with van der Waals surface area (Å²) in [6.07, 6.45) is 5.81. The number of phenolic OH excluding ortho intramolecular Hbond substituents is 1. The number of fused-ring (bicyclic) bond motifs is 1. The SMILES string of the molecule is O=C(N[C@@H](CCOC1CC(CCc2ccc3c(n2)NCCC3)C1)C(=O)O)c1c(F)cc(O)cc1F. The zero-order valence-electron chi connectivity index (χ0n) is 19.2. The Bertz CT molecular complexity index is 1070. The highest BCUT2D eigenvalue weighted by Crippen LogP contribution is 2.34. The van der Waals surface area contributed by atoms with Crippen LogP contribution in [0.15, 0.2) is 24.3 Å². The zero-order chi connectivity index (χ0) is 24.9. The van der Waals surface area contributed by atoms with Crippen molar-refractivity contribution < 1.29 is 33.3 Å². The van der Waals surface area contributed by atoms with Gasteiger partial charge in [0.05, 0.1) is 6.10 Å². The van der Waals surface area contributed by atoms with Gasteiger partial charge in [0.25, 0.3) is 5.91 Å². The number of carbonyl (C=O) groups is 2. The highest BCUT2D eigenvalue weighted by molar-refractivity contribution is 5.97. The molecule has 188 valence electrons. The van der Waals surface area contributed by atoms with Crippen LogP contribution in [0.2, 0.25) is 0 Å². The Hall–Kier alpha value is -3.27. The molecule has 1 aromatic heterocycles. The van der Waals surface area contributed by atoms with Crippen molar-refractivity contribution in [1.29, 1.82) is 0 Å². The molecular weight excluding hydrogens is 460 g/mol. The van der Waals surface area contributed by atoms with Crippen LogP contribution in [0.5, 0.6) is 5.75 Å². The Morgan fingerprint density at radius 1 is 1.23 bits per heavy atom. The molecule has 1 aromatic carbocycles. The number of nitrogens with zero attached hydrogens (tertiary/aromatic N) is 1. The van der Waals surface area contributed by atoms with Crippen molar-refractivity contribution >= 4 is 17.7 Å². The van der Waals surface area contributed by atoms with Gasteiger partial charge in [-0.15, -0.1) is 0 Å². The van der Waals surface area contributed by atoms with E-state index in [-0.39, 0.29) is 19.1 Å². The van der Waals surface area contributed by atoms with Gasteiger partial charge >= 0.3 is 5.97 Å². The minimum atomic E-state index is -1.37. The van der Waals surface area contributed by atoms with Gasteiger partial charge in [0.2, 0.25) is 0 Å². The third-order valence-electron chi connectivity index (χ3n) is 6.57. The molecule has 0 unspecified atom stereocenters. The number of aromatic nitrogens is 1. The molecule has 1 aliphatic heterocycles. The first kappa shape index (κ1) is 24.8. The Kier molecular flexibility index (Phi) is 7.80. The molecule has 1 aliphatic carbocycles. The second kappa shape index (κ2) is 11.0. The molecule has 2 heterocycles. The Labute approximate surface area is 201 Å². The van der Waals surface area contributed by atoms with Gasteiger partial charge in [-0.25, -0.2) is 18.6 Å². The first-order valence-corrected chi connectivity index (χ1v) is 11.9. The van der Waals surface area contributed by atoms with Crippen LogP contribution in [0.3, 0.4) is 0 Å². The molecule has 8 nitrogen and oxygen atoms in total. The predicted octanol–water partition coefficient (Wildman–Crippen LogP) is 3.42. The minimum absolute atomic E-state index is 0.0234. The summed E-state index contributed by atoms with van der Waals surface area (Å²) in [6.45, 7) is 1.05. The van der Waals surface area contributed by atoms with Gasteiger partial charge in [-0.3, -0.25) is 4.79 Å². The Balaban J connectivity index is 1.18. The third kappa shape index (κ3) is 6.25. The molecular formula is C25H29F2N3O5. The van der Waals surface area contributed by atoms with E-state index in [9.17, 15) is 28.6 Å². The van der Waals surface area contributed by atoms with Gasteiger partial charge in [-0.1, -0.05) is 6.07 Å². The number of aryl methyl sites for hydroxylation is 2. The number of rotatable bonds is 10. The lowest BCUT2D eigenvalue weighted by Crippen LogP contribution is -2.42. The number of hydrogen-bond acceptors (Lipinski definition) is 6. The normalized spacial score (nSPS) is 19.7. The second-order valence-corrected chi connectivity index (χ2v) is 9.15. The van der Waals surface area contributed by atoms with Gasteiger partial charge in [-0.2, -0.15) is 0 Å². The first-order chi connectivity index (χ1) is 16.8. The first-order valence-electron chi connectivity index (χ1n) is 11.9. The maximum atomic E-state index is 13.9. The summed E-state index contributed by atoms with van der Waals surface area (Å²) < 4.78 is 33.5. The summed E-state index contributed by atoms with van der Waals surface area (Å²) in [7, 11) is 0. The summed E-state index contributed by atoms with van der Waals surface area (Å²) >= 11 is 0. The quantitative estimate of drug-likeness (QED) is 0.404. The fourth-order valence-corrected chi connectivity index (χ4v) is 4.52. The van der Waals surface area contributed by atoms with Gasteiger partial charge in [0.1, 0.15) is 34.8 Å². The van der Waals surface area contributed by atoms with E-state index in [1.54, 1.807) is 0 Å². The average Bonchev–Trinajstić information content (AvgIpc) is 2.78. The molecule has 4 N–H and O–H groups in total. The summed E-state index contributed by atoms with van der Waals surface area (Å²) in [5.41, 5.74) is 1.40. The van der Waals surface area contributed by atoms with Gasteiger partial charge in [0.15, 0.2) is 0 Å². The number of nitrogens with one attached hydrogen (secondary N) is 2. The van der Waals surface area contributed by atoms with E-state index in [0.717, 1.165) is 56.6 Å². The average molecular weight is 490 g/mol. The maximum absolute atomic E-state index is 13.9. The molecule has 2 aliphatic rings. The number of halogens is 2. The summed E-state index contributed by atoms with van der Waals surface area (Å²) in [5.74, 6) is -4.25. The summed E-state index contributed by atoms with van der Waals surface area (Å²) in [6, 6.07) is 4.05. The Morgan fingerprint density at radius 3 is 2.69 bits per heavy atom. The number of benzene rings is 1. The fourth-order valence-electron chi connectivity index (χ4n) is 4.52. The van der Waals surface area contributed by atoms with Crippen LogP contribution in [-0.4, -0.2) is 52.4 Å². The number of amides is 1. The molecule has 1 amide bonds. The van der Waals surface area contributed by atoms with Crippen LogP contribution >= 0.6 is 0 Å². The fraction of sp³-hybridized carbons (Fsp3) is 0.480. The summed E-state index contributed by atoms with van der Waals surface area (Å²) in [4.78, 5) is 28.4. The molecule has 1 saturated carbocycles. The van der Waals surface area contributed by atoms with E-state index < -0.39 is 40.9 Å². The number of carboxylic acid groups (broad SMARTS) is 1. The maximum Gasteiger partial charge on any atom is 0.326 e. The monoisotopic (exact) mass is 489 g/mol. The van der Waals surface area contributed by atoms with E-state index in [1.165, 1.54) is 5.56 Å². The topological polar surface area (TPSA) is 121 Å². The zero-order valence-corrected chi connectivity index (χ0v) is 19.2. The van der Waals surface area contributed by atoms with Crippen LogP contribution in [0.4, 0.5) is 14.6 Å². The van der Waals surface area contributed by atoms with Crippen molar-refractivity contribution in [3.8, 4) is 5.75 Å². The number of aliphatic carboxylic acids is 1. The molecule has 4 rings (SSSR count). The third-order valence-corrected chi connectivity index (χ3v) is 6.57. The van der Waals surface area contributed by atoms with Gasteiger partial charge in [0, 0.05) is 37.4 Å². The van der Waals surface area contributed by atoms with Gasteiger partial charge in [-0.05, 0) is 56.1 Å². The molecule has 1 fully saturated rings. The largest absolute Gasteiger partial charge is 0.508 e. The number of aromatic hydroxyl groups is 1. The predicted molar refractivity (Wildman–Crippen MR) is 123 cm³/mol. The molecule has 10 heteroatoms. The van der Waals surface area contributed by atoms with E-state index in [1.807, 2.05) is 0 Å². The molecule has 0 radical (unpaired) electrons. The van der Waals surface area contributed by atoms with Gasteiger partial charge < -0.3 is 25.6 Å². The van der Waals surface area contributed by atoms with E-state index >= 15 is 0 Å². The number of ether oxygens (including phenoxy) is 1. The molecule has 35 heavy (non-hydrogen) atoms. The number of anilines is 1. The number of hydrogen-bond donors (Lipinski definition) is 4. The number of pyridine rings is 1. The number of carboxylic acids is 1. The molecule has 1 atom stereocenters. The lowest BCUT2D eigenvalue weighted by Gasteiger charge is -2.35. The van der Waals surface area contributed by atoms with Crippen molar-refractivity contribution in [3.05, 3.63) is 52.7 Å². The van der Waals surface area contributed by atoms with Crippen LogP contribution in [0.1, 0.15) is 53.7 Å². The van der Waals surface area contributed by atoms with Crippen molar-refractivity contribution in [2.75, 3.05) is 18.5 Å². The van der Waals surface area contributed by atoms with Crippen molar-refractivity contribution in [1.82, 2.24) is 10.3 Å². The number of carbonyl (C=O) groups excluding carboxylic acids is 1. The highest BCUT2D eigenvalue weighted by Gasteiger charge is 2.31. The lowest BCUT2D eigenvalue weighted by molar-refractivity contribution is -0.140. The highest BCUT2D eigenvalue weighted by atomic mass is 19.1. The summed E-state index contributed by atoms with van der Waals surface area (Å²) in [5, 5.41) is 24.0. The lowest BCUT2D eigenvalue weighted by atomic mass is 9.79.